The van der Waals surface area contributed by atoms with Crippen molar-refractivity contribution in [1.82, 2.24) is 4.57 Å². The lowest BCUT2D eigenvalue weighted by Crippen LogP contribution is -2.28. The Hall–Kier alpha value is -8.40. The number of aromatic nitrogens is 1. The van der Waals surface area contributed by atoms with Gasteiger partial charge in [-0.2, -0.15) is 0 Å². The minimum Gasteiger partial charge on any atom is -0.454 e. The number of fused-ring (bicyclic) bond motifs is 10. The topological polar surface area (TPSA) is 21.3 Å². The van der Waals surface area contributed by atoms with Crippen LogP contribution in [0.15, 0.2) is 247 Å². The van der Waals surface area contributed by atoms with Crippen molar-refractivity contribution in [2.75, 3.05) is 4.90 Å². The van der Waals surface area contributed by atoms with Crippen LogP contribution >= 0.6 is 0 Å². The highest BCUT2D eigenvalue weighted by atomic mass is 16.3. The first-order valence-corrected chi connectivity index (χ1v) is 22.0. The number of hydrogen-bond donors (Lipinski definition) is 0. The van der Waals surface area contributed by atoms with E-state index in [-0.39, 0.29) is 0 Å². The van der Waals surface area contributed by atoms with Crippen LogP contribution < -0.4 is 4.90 Å². The number of benzene rings is 10. The molecule has 3 nitrogen and oxygen atoms in total. The van der Waals surface area contributed by atoms with Gasteiger partial charge in [0.1, 0.15) is 5.58 Å². The predicted molar refractivity (Wildman–Crippen MR) is 265 cm³/mol. The van der Waals surface area contributed by atoms with Crippen molar-refractivity contribution in [2.45, 2.75) is 5.41 Å². The molecule has 3 heteroatoms. The second-order valence-corrected chi connectivity index (χ2v) is 16.8. The molecule has 1 aliphatic rings. The van der Waals surface area contributed by atoms with E-state index in [0.29, 0.717) is 0 Å². The van der Waals surface area contributed by atoms with Crippen LogP contribution in [0.2, 0.25) is 0 Å². The third-order valence-corrected chi connectivity index (χ3v) is 13.5. The van der Waals surface area contributed by atoms with Crippen molar-refractivity contribution >= 4 is 60.8 Å². The average molecular weight is 817 g/mol. The van der Waals surface area contributed by atoms with Gasteiger partial charge in [-0.3, -0.25) is 0 Å². The molecule has 0 atom stereocenters. The van der Waals surface area contributed by atoms with Gasteiger partial charge >= 0.3 is 0 Å². The molecular formula is C61H40N2O. The molecule has 2 heterocycles. The first kappa shape index (κ1) is 36.3. The first-order chi connectivity index (χ1) is 31.8. The van der Waals surface area contributed by atoms with Crippen molar-refractivity contribution in [1.29, 1.82) is 0 Å². The number of hydrogen-bond acceptors (Lipinski definition) is 2. The minimum atomic E-state index is -0.518. The van der Waals surface area contributed by atoms with Crippen molar-refractivity contribution in [3.63, 3.8) is 0 Å². The van der Waals surface area contributed by atoms with E-state index in [1.54, 1.807) is 0 Å². The number of para-hydroxylation sites is 2. The van der Waals surface area contributed by atoms with Crippen LogP contribution in [0, 0.1) is 0 Å². The molecule has 0 saturated heterocycles. The van der Waals surface area contributed by atoms with Crippen molar-refractivity contribution in [3.05, 3.63) is 265 Å². The molecule has 0 bridgehead atoms. The molecule has 13 rings (SSSR count). The number of furan rings is 1. The summed E-state index contributed by atoms with van der Waals surface area (Å²) in [7, 11) is 0. The fourth-order valence-electron chi connectivity index (χ4n) is 10.7. The molecule has 64 heavy (non-hydrogen) atoms. The van der Waals surface area contributed by atoms with Gasteiger partial charge in [-0.15, -0.1) is 0 Å². The third-order valence-electron chi connectivity index (χ3n) is 13.5. The summed E-state index contributed by atoms with van der Waals surface area (Å²) in [4.78, 5) is 2.41. The lowest BCUT2D eigenvalue weighted by atomic mass is 9.67. The van der Waals surface area contributed by atoms with Gasteiger partial charge in [0.2, 0.25) is 0 Å². The van der Waals surface area contributed by atoms with Crippen LogP contribution in [0.5, 0.6) is 0 Å². The summed E-state index contributed by atoms with van der Waals surface area (Å²) in [5.74, 6) is 0. The van der Waals surface area contributed by atoms with Crippen LogP contribution in [-0.4, -0.2) is 4.57 Å². The number of rotatable bonds is 7. The van der Waals surface area contributed by atoms with E-state index in [2.05, 4.69) is 246 Å². The molecule has 0 unspecified atom stereocenters. The van der Waals surface area contributed by atoms with E-state index in [1.807, 2.05) is 6.07 Å². The maximum absolute atomic E-state index is 6.69. The SMILES string of the molecule is c1ccc(-c2ccc(N(c3ccc(-n4c5ccccc5c5ccc6c7ccccc7oc6c54)cc3)c3ccc4c(c3)C(c3ccccc3)(c3ccccc3)c3ccccc3-4)cc2)cc1. The van der Waals surface area contributed by atoms with Gasteiger partial charge in [0.15, 0.2) is 5.58 Å². The quantitative estimate of drug-likeness (QED) is 0.160. The number of anilines is 3. The Morgan fingerprint density at radius 3 is 1.66 bits per heavy atom. The molecule has 300 valence electrons. The van der Waals surface area contributed by atoms with Crippen LogP contribution in [-0.2, 0) is 5.41 Å². The van der Waals surface area contributed by atoms with Crippen LogP contribution in [0.3, 0.4) is 0 Å². The second kappa shape index (κ2) is 14.3. The highest BCUT2D eigenvalue weighted by molar-refractivity contribution is 6.21. The zero-order valence-electron chi connectivity index (χ0n) is 34.9. The van der Waals surface area contributed by atoms with Crippen LogP contribution in [0.1, 0.15) is 22.3 Å². The first-order valence-electron chi connectivity index (χ1n) is 22.0. The molecule has 0 fully saturated rings. The highest BCUT2D eigenvalue weighted by Crippen LogP contribution is 2.57. The molecule has 10 aromatic carbocycles. The van der Waals surface area contributed by atoms with Gasteiger partial charge in [0.25, 0.3) is 0 Å². The Bertz CT molecular complexity index is 3660. The molecule has 12 aromatic rings. The average Bonchev–Trinajstić information content (AvgIpc) is 4.02. The Balaban J connectivity index is 1.02. The summed E-state index contributed by atoms with van der Waals surface area (Å²) in [6.45, 7) is 0. The molecule has 0 aliphatic heterocycles. The van der Waals surface area contributed by atoms with Crippen LogP contribution in [0.25, 0.3) is 71.7 Å². The zero-order valence-corrected chi connectivity index (χ0v) is 34.9. The van der Waals surface area contributed by atoms with Gasteiger partial charge in [-0.05, 0) is 111 Å². The molecule has 0 saturated carbocycles. The van der Waals surface area contributed by atoms with Gasteiger partial charge in [-0.1, -0.05) is 176 Å². The van der Waals surface area contributed by atoms with E-state index in [0.717, 1.165) is 55.7 Å². The van der Waals surface area contributed by atoms with Crippen LogP contribution in [0.4, 0.5) is 17.1 Å². The molecule has 1 aliphatic carbocycles. The van der Waals surface area contributed by atoms with Crippen molar-refractivity contribution < 1.29 is 4.42 Å². The predicted octanol–water partition coefficient (Wildman–Crippen LogP) is 16.2. The van der Waals surface area contributed by atoms with Gasteiger partial charge in [0, 0.05) is 44.3 Å². The van der Waals surface area contributed by atoms with Crippen molar-refractivity contribution in [3.8, 4) is 27.9 Å². The summed E-state index contributed by atoms with van der Waals surface area (Å²) >= 11 is 0. The molecule has 0 spiro atoms. The van der Waals surface area contributed by atoms with E-state index < -0.39 is 5.41 Å². The van der Waals surface area contributed by atoms with E-state index >= 15 is 0 Å². The Morgan fingerprint density at radius 1 is 0.375 bits per heavy atom. The normalized spacial score (nSPS) is 12.8. The lowest BCUT2D eigenvalue weighted by molar-refractivity contribution is 0.671. The van der Waals surface area contributed by atoms with E-state index in [1.165, 1.54) is 55.3 Å². The van der Waals surface area contributed by atoms with Gasteiger partial charge in [-0.25, -0.2) is 0 Å². The summed E-state index contributed by atoms with van der Waals surface area (Å²) in [5.41, 5.74) is 17.8. The van der Waals surface area contributed by atoms with Gasteiger partial charge in [0.05, 0.1) is 16.4 Å². The number of nitrogens with zero attached hydrogens (tertiary/aromatic N) is 2. The smallest absolute Gasteiger partial charge is 0.160 e. The standard InChI is InChI=1S/C61H40N2O/c1-4-16-41(17-5-1)42-28-30-45(31-29-42)62(48-36-37-50-49-22-10-13-25-55(49)61(56(50)40-48,43-18-6-2-7-19-43)44-20-8-3-9-21-44)46-32-34-47(35-33-46)63-57-26-14-11-23-51(57)53-38-39-54-52-24-12-15-27-58(52)64-60(54)59(53)63/h1-40H. The minimum absolute atomic E-state index is 0.518. The van der Waals surface area contributed by atoms with Gasteiger partial charge < -0.3 is 13.9 Å². The summed E-state index contributed by atoms with van der Waals surface area (Å²) in [6.07, 6.45) is 0. The van der Waals surface area contributed by atoms with E-state index in [9.17, 15) is 0 Å². The van der Waals surface area contributed by atoms with E-state index in [4.69, 9.17) is 4.42 Å². The molecule has 0 N–H and O–H groups in total. The zero-order chi connectivity index (χ0) is 42.2. The maximum Gasteiger partial charge on any atom is 0.160 e. The molecule has 2 aromatic heterocycles. The fraction of sp³-hybridized carbons (Fsp3) is 0.0164. The maximum atomic E-state index is 6.69. The lowest BCUT2D eigenvalue weighted by Gasteiger charge is -2.35. The van der Waals surface area contributed by atoms with Crippen molar-refractivity contribution in [2.24, 2.45) is 0 Å². The fourth-order valence-corrected chi connectivity index (χ4v) is 10.7. The highest BCUT2D eigenvalue weighted by Gasteiger charge is 2.46. The molecule has 0 radical (unpaired) electrons. The Morgan fingerprint density at radius 2 is 0.922 bits per heavy atom. The summed E-state index contributed by atoms with van der Waals surface area (Å²) in [6, 6.07) is 88.2. The Kier molecular flexibility index (Phi) is 8.13. The third kappa shape index (κ3) is 5.34. The summed E-state index contributed by atoms with van der Waals surface area (Å²) in [5, 5.41) is 4.62. The monoisotopic (exact) mass is 816 g/mol. The molecule has 0 amide bonds. The largest absolute Gasteiger partial charge is 0.454 e. The summed E-state index contributed by atoms with van der Waals surface area (Å²) < 4.78 is 9.06. The second-order valence-electron chi connectivity index (χ2n) is 16.8. The molecular weight excluding hydrogens is 777 g/mol. The Labute approximate surface area is 371 Å².